The van der Waals surface area contributed by atoms with Crippen LogP contribution in [0.4, 0.5) is 11.4 Å². The topological polar surface area (TPSA) is 66.5 Å². The minimum Gasteiger partial charge on any atom is -0.312 e. The summed E-state index contributed by atoms with van der Waals surface area (Å²) in [6.45, 7) is 4.66. The molecular formula is C20H24N2O3S. The van der Waals surface area contributed by atoms with Crippen LogP contribution in [0.25, 0.3) is 0 Å². The molecule has 0 saturated carbocycles. The normalized spacial score (nSPS) is 14.2. The average molecular weight is 372 g/mol. The first-order chi connectivity index (χ1) is 12.5. The first kappa shape index (κ1) is 18.5. The molecule has 1 heterocycles. The fourth-order valence-corrected chi connectivity index (χ4v) is 4.72. The summed E-state index contributed by atoms with van der Waals surface area (Å²) in [5.41, 5.74) is 3.21. The van der Waals surface area contributed by atoms with Crippen LogP contribution in [0.1, 0.15) is 37.8 Å². The molecule has 0 aromatic heterocycles. The number of hydrogen-bond acceptors (Lipinski definition) is 3. The minimum absolute atomic E-state index is 0.129. The van der Waals surface area contributed by atoms with E-state index in [1.54, 1.807) is 23.1 Å². The van der Waals surface area contributed by atoms with Gasteiger partial charge in [-0.1, -0.05) is 32.0 Å². The summed E-state index contributed by atoms with van der Waals surface area (Å²) in [5.74, 6) is 0.129. The van der Waals surface area contributed by atoms with Gasteiger partial charge in [-0.05, 0) is 54.7 Å². The molecule has 26 heavy (non-hydrogen) atoms. The summed E-state index contributed by atoms with van der Waals surface area (Å²) in [6, 6.07) is 12.4. The second-order valence-corrected chi connectivity index (χ2v) is 8.11. The number of aryl methyl sites for hydroxylation is 2. The van der Waals surface area contributed by atoms with Gasteiger partial charge in [0.25, 0.3) is 10.0 Å². The number of fused-ring (bicyclic) bond motifs is 1. The van der Waals surface area contributed by atoms with Crippen LogP contribution >= 0.6 is 0 Å². The van der Waals surface area contributed by atoms with Gasteiger partial charge >= 0.3 is 0 Å². The zero-order valence-electron chi connectivity index (χ0n) is 15.2. The highest BCUT2D eigenvalue weighted by Gasteiger charge is 2.24. The average Bonchev–Trinajstić information content (AvgIpc) is 2.64. The molecule has 6 heteroatoms. The first-order valence-corrected chi connectivity index (χ1v) is 10.5. The Hall–Kier alpha value is -2.34. The molecule has 2 aromatic rings. The molecule has 0 saturated heterocycles. The highest BCUT2D eigenvalue weighted by Crippen LogP contribution is 2.31. The summed E-state index contributed by atoms with van der Waals surface area (Å²) in [6.07, 6.45) is 2.63. The number of amides is 1. The number of carbonyl (C=O) groups excluding carboxylic acids is 1. The molecule has 0 spiro atoms. The highest BCUT2D eigenvalue weighted by atomic mass is 32.2. The van der Waals surface area contributed by atoms with Gasteiger partial charge < -0.3 is 4.90 Å². The van der Waals surface area contributed by atoms with E-state index in [2.05, 4.69) is 4.72 Å². The number of sulfonamides is 1. The van der Waals surface area contributed by atoms with E-state index in [0.29, 0.717) is 36.4 Å². The lowest BCUT2D eigenvalue weighted by Gasteiger charge is -2.29. The molecule has 1 amide bonds. The minimum atomic E-state index is -3.65. The fourth-order valence-electron chi connectivity index (χ4n) is 3.36. The molecule has 1 aliphatic rings. The summed E-state index contributed by atoms with van der Waals surface area (Å²) in [5, 5.41) is 0. The van der Waals surface area contributed by atoms with Crippen molar-refractivity contribution in [3.8, 4) is 0 Å². The molecule has 5 nitrogen and oxygen atoms in total. The number of nitrogens with zero attached hydrogens (tertiary/aromatic N) is 1. The van der Waals surface area contributed by atoms with Crippen LogP contribution in [-0.4, -0.2) is 20.9 Å². The Morgan fingerprint density at radius 2 is 1.85 bits per heavy atom. The van der Waals surface area contributed by atoms with E-state index in [0.717, 1.165) is 23.2 Å². The maximum Gasteiger partial charge on any atom is 0.262 e. The highest BCUT2D eigenvalue weighted by molar-refractivity contribution is 7.92. The van der Waals surface area contributed by atoms with Crippen molar-refractivity contribution in [2.24, 2.45) is 0 Å². The van der Waals surface area contributed by atoms with Crippen LogP contribution in [0.5, 0.6) is 0 Å². The van der Waals surface area contributed by atoms with Crippen molar-refractivity contribution in [3.63, 3.8) is 0 Å². The van der Waals surface area contributed by atoms with Crippen LogP contribution in [0.2, 0.25) is 0 Å². The molecule has 0 radical (unpaired) electrons. The van der Waals surface area contributed by atoms with Gasteiger partial charge in [-0.15, -0.1) is 0 Å². The Kier molecular flexibility index (Phi) is 5.32. The molecule has 0 atom stereocenters. The molecule has 1 N–H and O–H groups in total. The van der Waals surface area contributed by atoms with Gasteiger partial charge in [0.2, 0.25) is 5.91 Å². The number of carbonyl (C=O) groups is 1. The van der Waals surface area contributed by atoms with Gasteiger partial charge in [-0.2, -0.15) is 0 Å². The molecule has 1 aliphatic heterocycles. The largest absolute Gasteiger partial charge is 0.312 e. The third kappa shape index (κ3) is 3.60. The second-order valence-electron chi connectivity index (χ2n) is 6.46. The van der Waals surface area contributed by atoms with Gasteiger partial charge in [0, 0.05) is 24.3 Å². The van der Waals surface area contributed by atoms with Gasteiger partial charge in [-0.3, -0.25) is 9.52 Å². The fraction of sp³-hybridized carbons (Fsp3) is 0.350. The predicted molar refractivity (Wildman–Crippen MR) is 104 cm³/mol. The van der Waals surface area contributed by atoms with Gasteiger partial charge in [0.15, 0.2) is 0 Å². The maximum absolute atomic E-state index is 12.8. The van der Waals surface area contributed by atoms with Gasteiger partial charge in [0.1, 0.15) is 0 Å². The van der Waals surface area contributed by atoms with Crippen molar-refractivity contribution in [1.82, 2.24) is 0 Å². The Morgan fingerprint density at radius 3 is 2.58 bits per heavy atom. The van der Waals surface area contributed by atoms with Crippen molar-refractivity contribution in [2.45, 2.75) is 44.4 Å². The number of benzene rings is 2. The summed E-state index contributed by atoms with van der Waals surface area (Å²) in [7, 11) is -3.65. The zero-order valence-corrected chi connectivity index (χ0v) is 16.0. The number of nitrogens with one attached hydrogen (secondary N) is 1. The Morgan fingerprint density at radius 1 is 1.08 bits per heavy atom. The van der Waals surface area contributed by atoms with E-state index in [9.17, 15) is 13.2 Å². The van der Waals surface area contributed by atoms with E-state index in [4.69, 9.17) is 0 Å². The third-order valence-electron chi connectivity index (χ3n) is 4.62. The molecule has 0 unspecified atom stereocenters. The van der Waals surface area contributed by atoms with Crippen LogP contribution in [0.15, 0.2) is 47.4 Å². The van der Waals surface area contributed by atoms with Crippen LogP contribution in [0, 0.1) is 0 Å². The van der Waals surface area contributed by atoms with Crippen molar-refractivity contribution >= 4 is 27.3 Å². The number of anilines is 2. The molecule has 0 fully saturated rings. The van der Waals surface area contributed by atoms with Gasteiger partial charge in [0.05, 0.1) is 4.90 Å². The van der Waals surface area contributed by atoms with Crippen molar-refractivity contribution < 1.29 is 13.2 Å². The Balaban J connectivity index is 1.91. The third-order valence-corrected chi connectivity index (χ3v) is 6.10. The molecule has 0 aliphatic carbocycles. The monoisotopic (exact) mass is 372 g/mol. The summed E-state index contributed by atoms with van der Waals surface area (Å²) in [4.78, 5) is 14.2. The quantitative estimate of drug-likeness (QED) is 0.840. The van der Waals surface area contributed by atoms with E-state index in [1.165, 1.54) is 0 Å². The van der Waals surface area contributed by atoms with E-state index < -0.39 is 10.0 Å². The molecular weight excluding hydrogens is 348 g/mol. The van der Waals surface area contributed by atoms with Crippen molar-refractivity contribution in [2.75, 3.05) is 16.2 Å². The number of rotatable bonds is 6. The standard InChI is InChI=1S/C20H24N2O3S/c1-3-13-22-18-11-10-17(14-16(18)9-12-20(22)23)21-26(24,25)19-8-6-5-7-15(19)4-2/h5-8,10-11,14,21H,3-4,9,12-13H2,1-2H3. The first-order valence-electron chi connectivity index (χ1n) is 9.00. The Labute approximate surface area is 155 Å². The van der Waals surface area contributed by atoms with E-state index in [1.807, 2.05) is 38.1 Å². The smallest absolute Gasteiger partial charge is 0.262 e. The van der Waals surface area contributed by atoms with E-state index in [-0.39, 0.29) is 5.91 Å². The van der Waals surface area contributed by atoms with Crippen molar-refractivity contribution in [1.29, 1.82) is 0 Å². The maximum atomic E-state index is 12.8. The molecule has 3 rings (SSSR count). The van der Waals surface area contributed by atoms with Gasteiger partial charge in [-0.25, -0.2) is 8.42 Å². The lowest BCUT2D eigenvalue weighted by molar-refractivity contribution is -0.118. The number of hydrogen-bond donors (Lipinski definition) is 1. The van der Waals surface area contributed by atoms with Crippen LogP contribution in [-0.2, 0) is 27.7 Å². The second kappa shape index (κ2) is 7.50. The molecule has 138 valence electrons. The van der Waals surface area contributed by atoms with Crippen LogP contribution in [0.3, 0.4) is 0 Å². The summed E-state index contributed by atoms with van der Waals surface area (Å²) < 4.78 is 28.3. The van der Waals surface area contributed by atoms with E-state index >= 15 is 0 Å². The van der Waals surface area contributed by atoms with Crippen LogP contribution < -0.4 is 9.62 Å². The van der Waals surface area contributed by atoms with Crippen molar-refractivity contribution in [3.05, 3.63) is 53.6 Å². The summed E-state index contributed by atoms with van der Waals surface area (Å²) >= 11 is 0. The molecule has 2 aromatic carbocycles. The Bertz CT molecular complexity index is 922. The lowest BCUT2D eigenvalue weighted by Crippen LogP contribution is -2.35. The molecule has 0 bridgehead atoms. The SMILES string of the molecule is CCCN1C(=O)CCc2cc(NS(=O)(=O)c3ccccc3CC)ccc21. The lowest BCUT2D eigenvalue weighted by atomic mass is 10.0. The zero-order chi connectivity index (χ0) is 18.7. The predicted octanol–water partition coefficient (Wildman–Crippen LogP) is 3.74.